The summed E-state index contributed by atoms with van der Waals surface area (Å²) >= 11 is 0. The second-order valence-electron chi connectivity index (χ2n) is 5.64. The molecule has 0 radical (unpaired) electrons. The predicted molar refractivity (Wildman–Crippen MR) is 98.1 cm³/mol. The third-order valence-electron chi connectivity index (χ3n) is 3.85. The maximum absolute atomic E-state index is 12.1. The Bertz CT molecular complexity index is 1040. The van der Waals surface area contributed by atoms with Crippen LogP contribution < -0.4 is 11.1 Å². The zero-order chi connectivity index (χ0) is 17.2. The molecule has 6 heteroatoms. The van der Waals surface area contributed by atoms with Crippen LogP contribution in [0.15, 0.2) is 67.0 Å². The normalized spacial score (nSPS) is 10.7. The van der Waals surface area contributed by atoms with Gasteiger partial charge in [0.2, 0.25) is 0 Å². The van der Waals surface area contributed by atoms with Crippen LogP contribution in [-0.2, 0) is 0 Å². The summed E-state index contributed by atoms with van der Waals surface area (Å²) in [5.41, 5.74) is 10.4. The minimum absolute atomic E-state index is 0.194. The number of nitrogens with one attached hydrogen (secondary N) is 2. The summed E-state index contributed by atoms with van der Waals surface area (Å²) in [5.74, 6) is 0.561. The molecule has 4 rings (SSSR count). The molecule has 122 valence electrons. The van der Waals surface area contributed by atoms with E-state index < -0.39 is 0 Å². The summed E-state index contributed by atoms with van der Waals surface area (Å²) in [6.07, 6.45) is 3.16. The Hall–Kier alpha value is -3.67. The molecule has 4 aromatic rings. The van der Waals surface area contributed by atoms with Gasteiger partial charge >= 0.3 is 0 Å². The first-order valence-electron chi connectivity index (χ1n) is 7.76. The summed E-state index contributed by atoms with van der Waals surface area (Å²) in [7, 11) is 0. The van der Waals surface area contributed by atoms with Crippen LogP contribution in [0.3, 0.4) is 0 Å². The fourth-order valence-electron chi connectivity index (χ4n) is 2.58. The highest BCUT2D eigenvalue weighted by molar-refractivity contribution is 6.04. The number of fused-ring (bicyclic) bond motifs is 1. The quantitative estimate of drug-likeness (QED) is 0.501. The van der Waals surface area contributed by atoms with Crippen molar-refractivity contribution in [2.24, 2.45) is 0 Å². The molecule has 0 saturated heterocycles. The molecule has 0 aliphatic rings. The zero-order valence-corrected chi connectivity index (χ0v) is 13.2. The lowest BCUT2D eigenvalue weighted by Gasteiger charge is -2.05. The average Bonchev–Trinajstić information content (AvgIpc) is 3.06. The van der Waals surface area contributed by atoms with Gasteiger partial charge in [0.15, 0.2) is 0 Å². The molecular weight excluding hydrogens is 314 g/mol. The molecular formula is C19H15N5O. The summed E-state index contributed by atoms with van der Waals surface area (Å²) in [6, 6.07) is 16.5. The summed E-state index contributed by atoms with van der Waals surface area (Å²) in [4.78, 5) is 23.9. The monoisotopic (exact) mass is 329 g/mol. The molecule has 0 spiro atoms. The smallest absolute Gasteiger partial charge is 0.257 e. The molecule has 2 aromatic carbocycles. The van der Waals surface area contributed by atoms with Crippen LogP contribution in [0.25, 0.3) is 22.4 Å². The molecule has 6 nitrogen and oxygen atoms in total. The molecule has 0 atom stereocenters. The van der Waals surface area contributed by atoms with Gasteiger partial charge < -0.3 is 16.0 Å². The van der Waals surface area contributed by atoms with Crippen molar-refractivity contribution in [3.05, 3.63) is 72.6 Å². The minimum Gasteiger partial charge on any atom is -0.399 e. The number of aromatic nitrogens is 3. The van der Waals surface area contributed by atoms with Gasteiger partial charge in [0.25, 0.3) is 5.91 Å². The summed E-state index contributed by atoms with van der Waals surface area (Å²) in [6.45, 7) is 0. The molecule has 0 bridgehead atoms. The number of carbonyl (C=O) groups is 1. The van der Waals surface area contributed by atoms with E-state index in [0.717, 1.165) is 22.4 Å². The summed E-state index contributed by atoms with van der Waals surface area (Å²) in [5, 5.41) is 2.84. The number of amides is 1. The van der Waals surface area contributed by atoms with Crippen molar-refractivity contribution in [2.75, 3.05) is 11.1 Å². The van der Waals surface area contributed by atoms with E-state index in [1.165, 1.54) is 6.20 Å². The van der Waals surface area contributed by atoms with E-state index in [0.29, 0.717) is 16.9 Å². The van der Waals surface area contributed by atoms with Crippen LogP contribution >= 0.6 is 0 Å². The Morgan fingerprint density at radius 1 is 1.08 bits per heavy atom. The van der Waals surface area contributed by atoms with E-state index in [2.05, 4.69) is 20.3 Å². The van der Waals surface area contributed by atoms with E-state index in [1.807, 2.05) is 42.5 Å². The third-order valence-corrected chi connectivity index (χ3v) is 3.85. The van der Waals surface area contributed by atoms with Crippen LogP contribution in [0.4, 0.5) is 11.4 Å². The number of hydrogen-bond donors (Lipinski definition) is 3. The van der Waals surface area contributed by atoms with Gasteiger partial charge in [0.05, 0.1) is 16.6 Å². The maximum Gasteiger partial charge on any atom is 0.257 e. The van der Waals surface area contributed by atoms with Crippen LogP contribution in [0.1, 0.15) is 10.4 Å². The zero-order valence-electron chi connectivity index (χ0n) is 13.2. The number of nitrogens with two attached hydrogens (primary N) is 1. The first-order chi connectivity index (χ1) is 12.2. The highest BCUT2D eigenvalue weighted by Gasteiger charge is 2.08. The van der Waals surface area contributed by atoms with E-state index in [4.69, 9.17) is 5.73 Å². The van der Waals surface area contributed by atoms with Gasteiger partial charge in [-0.15, -0.1) is 0 Å². The number of anilines is 2. The van der Waals surface area contributed by atoms with Crippen molar-refractivity contribution in [1.82, 2.24) is 15.0 Å². The number of nitrogens with zero attached hydrogens (tertiary/aromatic N) is 2. The SMILES string of the molecule is Nc1ccc2nc(-c3ccc(NC(=O)c4cccnc4)cc3)[nH]c2c1. The van der Waals surface area contributed by atoms with Crippen molar-refractivity contribution >= 4 is 28.3 Å². The van der Waals surface area contributed by atoms with Crippen molar-refractivity contribution in [3.63, 3.8) is 0 Å². The first-order valence-corrected chi connectivity index (χ1v) is 7.76. The lowest BCUT2D eigenvalue weighted by atomic mass is 10.2. The molecule has 25 heavy (non-hydrogen) atoms. The third kappa shape index (κ3) is 3.05. The number of H-pyrrole nitrogens is 1. The molecule has 0 unspecified atom stereocenters. The molecule has 0 aliphatic heterocycles. The Morgan fingerprint density at radius 3 is 2.68 bits per heavy atom. The van der Waals surface area contributed by atoms with E-state index in [9.17, 15) is 4.79 Å². The lowest BCUT2D eigenvalue weighted by molar-refractivity contribution is 0.102. The standard InChI is InChI=1S/C19H15N5O/c20-14-5-8-16-17(10-14)24-18(23-16)12-3-6-15(7-4-12)22-19(25)13-2-1-9-21-11-13/h1-11H,20H2,(H,22,25)(H,23,24). The average molecular weight is 329 g/mol. The van der Waals surface area contributed by atoms with Gasteiger partial charge in [-0.2, -0.15) is 0 Å². The Balaban J connectivity index is 1.56. The predicted octanol–water partition coefficient (Wildman–Crippen LogP) is 3.46. The van der Waals surface area contributed by atoms with Gasteiger partial charge in [0.1, 0.15) is 5.82 Å². The molecule has 2 heterocycles. The Morgan fingerprint density at radius 2 is 1.92 bits per heavy atom. The van der Waals surface area contributed by atoms with Gasteiger partial charge in [-0.05, 0) is 54.6 Å². The van der Waals surface area contributed by atoms with Crippen molar-refractivity contribution < 1.29 is 4.79 Å². The minimum atomic E-state index is -0.194. The molecule has 4 N–H and O–H groups in total. The summed E-state index contributed by atoms with van der Waals surface area (Å²) < 4.78 is 0. The fourth-order valence-corrected chi connectivity index (χ4v) is 2.58. The van der Waals surface area contributed by atoms with Gasteiger partial charge in [-0.3, -0.25) is 9.78 Å². The number of hydrogen-bond acceptors (Lipinski definition) is 4. The van der Waals surface area contributed by atoms with Crippen molar-refractivity contribution in [3.8, 4) is 11.4 Å². The van der Waals surface area contributed by atoms with Gasteiger partial charge in [-0.25, -0.2) is 4.98 Å². The molecule has 0 fully saturated rings. The van der Waals surface area contributed by atoms with Crippen LogP contribution in [0, 0.1) is 0 Å². The number of nitrogen functional groups attached to an aromatic ring is 1. The lowest BCUT2D eigenvalue weighted by Crippen LogP contribution is -2.11. The highest BCUT2D eigenvalue weighted by Crippen LogP contribution is 2.23. The van der Waals surface area contributed by atoms with Crippen molar-refractivity contribution in [1.29, 1.82) is 0 Å². The molecule has 0 aliphatic carbocycles. The Labute approximate surface area is 143 Å². The van der Waals surface area contributed by atoms with Gasteiger partial charge in [-0.1, -0.05) is 0 Å². The number of rotatable bonds is 3. The largest absolute Gasteiger partial charge is 0.399 e. The first kappa shape index (κ1) is 14.9. The molecule has 2 aromatic heterocycles. The Kier molecular flexibility index (Phi) is 3.63. The van der Waals surface area contributed by atoms with Crippen LogP contribution in [0.5, 0.6) is 0 Å². The topological polar surface area (TPSA) is 96.7 Å². The fraction of sp³-hybridized carbons (Fsp3) is 0. The van der Waals surface area contributed by atoms with Crippen LogP contribution in [0.2, 0.25) is 0 Å². The highest BCUT2D eigenvalue weighted by atomic mass is 16.1. The van der Waals surface area contributed by atoms with E-state index in [-0.39, 0.29) is 5.91 Å². The second-order valence-corrected chi connectivity index (χ2v) is 5.64. The molecule has 1 amide bonds. The number of benzene rings is 2. The number of aromatic amines is 1. The van der Waals surface area contributed by atoms with Crippen molar-refractivity contribution in [2.45, 2.75) is 0 Å². The number of carbonyl (C=O) groups excluding carboxylic acids is 1. The number of imidazole rings is 1. The van der Waals surface area contributed by atoms with Gasteiger partial charge in [0, 0.05) is 29.3 Å². The van der Waals surface area contributed by atoms with E-state index in [1.54, 1.807) is 18.3 Å². The van der Waals surface area contributed by atoms with Crippen LogP contribution in [-0.4, -0.2) is 20.9 Å². The maximum atomic E-state index is 12.1. The second kappa shape index (κ2) is 6.09. The van der Waals surface area contributed by atoms with E-state index >= 15 is 0 Å². The molecule has 0 saturated carbocycles. The number of pyridine rings is 1.